The fourth-order valence-corrected chi connectivity index (χ4v) is 1.39. The number of hydrogen-bond acceptors (Lipinski definition) is 1. The summed E-state index contributed by atoms with van der Waals surface area (Å²) in [6.45, 7) is 2.16. The van der Waals surface area contributed by atoms with E-state index in [1.54, 1.807) is 0 Å². The first-order chi connectivity index (χ1) is 7.38. The van der Waals surface area contributed by atoms with Gasteiger partial charge in [-0.1, -0.05) is 49.8 Å². The van der Waals surface area contributed by atoms with E-state index in [-0.39, 0.29) is 0 Å². The molecule has 0 saturated carbocycles. The summed E-state index contributed by atoms with van der Waals surface area (Å²) in [6, 6.07) is 9.89. The Kier molecular flexibility index (Phi) is 5.23. The Hall–Kier alpha value is -1.57. The van der Waals surface area contributed by atoms with E-state index in [9.17, 15) is 4.79 Å². The third-order valence-electron chi connectivity index (χ3n) is 2.21. The second kappa shape index (κ2) is 6.82. The number of carbonyl (C=O) groups excluding carboxylic acids is 1. The fourth-order valence-electron chi connectivity index (χ4n) is 1.39. The van der Waals surface area contributed by atoms with E-state index in [0.717, 1.165) is 30.5 Å². The predicted octanol–water partition coefficient (Wildman–Crippen LogP) is 2.96. The highest BCUT2D eigenvalue weighted by Gasteiger charge is 1.97. The summed E-state index contributed by atoms with van der Waals surface area (Å²) >= 11 is 0. The first kappa shape index (κ1) is 11.5. The quantitative estimate of drug-likeness (QED) is 0.559. The van der Waals surface area contributed by atoms with E-state index in [2.05, 4.69) is 18.3 Å². The van der Waals surface area contributed by atoms with Crippen molar-refractivity contribution in [2.45, 2.75) is 26.2 Å². The summed E-state index contributed by atoms with van der Waals surface area (Å²) < 4.78 is 0. The molecule has 1 amide bonds. The minimum atomic E-state index is 0.727. The topological polar surface area (TPSA) is 29.1 Å². The number of unbranched alkanes of at least 4 members (excludes halogenated alkanes) is 2. The van der Waals surface area contributed by atoms with Crippen LogP contribution in [0.15, 0.2) is 36.4 Å². The zero-order valence-electron chi connectivity index (χ0n) is 9.07. The van der Waals surface area contributed by atoms with Crippen LogP contribution in [0.1, 0.15) is 31.7 Å². The van der Waals surface area contributed by atoms with Gasteiger partial charge in [-0.3, -0.25) is 4.79 Å². The molecule has 2 nitrogen and oxygen atoms in total. The van der Waals surface area contributed by atoms with Crippen LogP contribution >= 0.6 is 0 Å². The Morgan fingerprint density at radius 2 is 2.07 bits per heavy atom. The summed E-state index contributed by atoms with van der Waals surface area (Å²) in [5, 5.41) is 2.74. The van der Waals surface area contributed by atoms with Gasteiger partial charge in [-0.2, -0.15) is 0 Å². The average molecular weight is 203 g/mol. The Bertz CT molecular complexity index is 317. The van der Waals surface area contributed by atoms with E-state index < -0.39 is 0 Å². The van der Waals surface area contributed by atoms with Crippen molar-refractivity contribution < 1.29 is 4.79 Å². The molecule has 2 heteroatoms. The summed E-state index contributed by atoms with van der Waals surface area (Å²) in [5.41, 5.74) is 1.96. The number of rotatable bonds is 6. The highest BCUT2D eigenvalue weighted by molar-refractivity contribution is 5.73. The van der Waals surface area contributed by atoms with Crippen molar-refractivity contribution in [3.05, 3.63) is 42.0 Å². The molecule has 0 unspecified atom stereocenters. The molecule has 1 aromatic rings. The lowest BCUT2D eigenvalue weighted by atomic mass is 10.1. The van der Waals surface area contributed by atoms with Crippen LogP contribution in [-0.4, -0.2) is 6.41 Å². The smallest absolute Gasteiger partial charge is 0.211 e. The van der Waals surface area contributed by atoms with Gasteiger partial charge in [0.05, 0.1) is 0 Å². The summed E-state index contributed by atoms with van der Waals surface area (Å²) in [4.78, 5) is 10.5. The zero-order chi connectivity index (χ0) is 10.9. The fraction of sp³-hybridized carbons (Fsp3) is 0.308. The third-order valence-corrected chi connectivity index (χ3v) is 2.21. The van der Waals surface area contributed by atoms with Crippen LogP contribution in [0.5, 0.6) is 0 Å². The molecule has 0 bridgehead atoms. The van der Waals surface area contributed by atoms with Crippen molar-refractivity contribution in [3.8, 4) is 0 Å². The zero-order valence-corrected chi connectivity index (χ0v) is 9.07. The largest absolute Gasteiger partial charge is 0.328 e. The molecule has 0 spiro atoms. The maximum Gasteiger partial charge on any atom is 0.211 e. The molecular weight excluding hydrogens is 186 g/mol. The molecule has 0 fully saturated rings. The minimum absolute atomic E-state index is 0.727. The first-order valence-corrected chi connectivity index (χ1v) is 5.34. The second-order valence-electron chi connectivity index (χ2n) is 3.39. The van der Waals surface area contributed by atoms with Crippen molar-refractivity contribution in [1.82, 2.24) is 5.32 Å². The molecule has 0 aromatic heterocycles. The van der Waals surface area contributed by atoms with Crippen LogP contribution in [0.3, 0.4) is 0 Å². The molecule has 0 heterocycles. The van der Waals surface area contributed by atoms with Crippen molar-refractivity contribution in [2.24, 2.45) is 0 Å². The highest BCUT2D eigenvalue weighted by atomic mass is 16.1. The van der Waals surface area contributed by atoms with Crippen LogP contribution in [0.4, 0.5) is 0 Å². The highest BCUT2D eigenvalue weighted by Crippen LogP contribution is 2.12. The number of amides is 1. The standard InChI is InChI=1S/C13H17NO/c1-2-3-5-10-13(14-11-15)12-8-6-4-7-9-12/h4,6-11H,2-3,5H2,1H3,(H,14,15)/b13-10+. The van der Waals surface area contributed by atoms with Crippen LogP contribution in [0, 0.1) is 0 Å². The van der Waals surface area contributed by atoms with Crippen LogP contribution in [-0.2, 0) is 4.79 Å². The van der Waals surface area contributed by atoms with E-state index in [4.69, 9.17) is 0 Å². The van der Waals surface area contributed by atoms with Crippen molar-refractivity contribution in [3.63, 3.8) is 0 Å². The molecule has 1 rings (SSSR count). The second-order valence-corrected chi connectivity index (χ2v) is 3.39. The molecule has 0 aliphatic heterocycles. The van der Waals surface area contributed by atoms with Gasteiger partial charge in [-0.25, -0.2) is 0 Å². The molecule has 15 heavy (non-hydrogen) atoms. The van der Waals surface area contributed by atoms with Crippen molar-refractivity contribution in [2.75, 3.05) is 0 Å². The summed E-state index contributed by atoms with van der Waals surface area (Å²) in [7, 11) is 0. The van der Waals surface area contributed by atoms with Gasteiger partial charge in [-0.15, -0.1) is 0 Å². The summed E-state index contributed by atoms with van der Waals surface area (Å²) in [6.07, 6.45) is 6.12. The predicted molar refractivity (Wildman–Crippen MR) is 63.1 cm³/mol. The van der Waals surface area contributed by atoms with E-state index in [1.165, 1.54) is 6.42 Å². The normalized spacial score (nSPS) is 11.1. The molecule has 1 aromatic carbocycles. The Labute approximate surface area is 91.0 Å². The van der Waals surface area contributed by atoms with Gasteiger partial charge in [0.2, 0.25) is 6.41 Å². The number of nitrogens with one attached hydrogen (secondary N) is 1. The van der Waals surface area contributed by atoms with Gasteiger partial charge in [0, 0.05) is 5.70 Å². The summed E-state index contributed by atoms with van der Waals surface area (Å²) in [5.74, 6) is 0. The minimum Gasteiger partial charge on any atom is -0.328 e. The van der Waals surface area contributed by atoms with E-state index in [1.807, 2.05) is 30.3 Å². The molecule has 0 aliphatic rings. The van der Waals surface area contributed by atoms with Crippen molar-refractivity contribution in [1.29, 1.82) is 0 Å². The van der Waals surface area contributed by atoms with E-state index >= 15 is 0 Å². The maximum absolute atomic E-state index is 10.5. The van der Waals surface area contributed by atoms with E-state index in [0.29, 0.717) is 0 Å². The first-order valence-electron chi connectivity index (χ1n) is 5.34. The van der Waals surface area contributed by atoms with Crippen LogP contribution < -0.4 is 5.32 Å². The lowest BCUT2D eigenvalue weighted by Crippen LogP contribution is -2.08. The third kappa shape index (κ3) is 3.98. The Morgan fingerprint density at radius 1 is 1.33 bits per heavy atom. The number of carbonyl (C=O) groups is 1. The Balaban J connectivity index is 2.73. The molecule has 0 aliphatic carbocycles. The Morgan fingerprint density at radius 3 is 2.67 bits per heavy atom. The lowest BCUT2D eigenvalue weighted by molar-refractivity contribution is -0.108. The molecule has 80 valence electrons. The molecule has 1 N–H and O–H groups in total. The molecule has 0 radical (unpaired) electrons. The van der Waals surface area contributed by atoms with Gasteiger partial charge in [0.25, 0.3) is 0 Å². The average Bonchev–Trinajstić information content (AvgIpc) is 2.29. The van der Waals surface area contributed by atoms with Gasteiger partial charge < -0.3 is 5.32 Å². The van der Waals surface area contributed by atoms with Gasteiger partial charge in [0.15, 0.2) is 0 Å². The number of benzene rings is 1. The maximum atomic E-state index is 10.5. The molecular formula is C13H17NO. The SMILES string of the molecule is CCCC/C=C(/NC=O)c1ccccc1. The van der Waals surface area contributed by atoms with Gasteiger partial charge in [-0.05, 0) is 18.4 Å². The number of allylic oxidation sites excluding steroid dienone is 1. The lowest BCUT2D eigenvalue weighted by Gasteiger charge is -2.05. The number of hydrogen-bond donors (Lipinski definition) is 1. The molecule has 0 atom stereocenters. The monoisotopic (exact) mass is 203 g/mol. The van der Waals surface area contributed by atoms with Crippen molar-refractivity contribution >= 4 is 12.1 Å². The van der Waals surface area contributed by atoms with Crippen LogP contribution in [0.25, 0.3) is 5.70 Å². The van der Waals surface area contributed by atoms with Gasteiger partial charge >= 0.3 is 0 Å². The molecule has 0 saturated heterocycles. The van der Waals surface area contributed by atoms with Gasteiger partial charge in [0.1, 0.15) is 0 Å². The van der Waals surface area contributed by atoms with Crippen LogP contribution in [0.2, 0.25) is 0 Å².